The van der Waals surface area contributed by atoms with Gasteiger partial charge in [0, 0.05) is 51.3 Å². The van der Waals surface area contributed by atoms with Gasteiger partial charge < -0.3 is 15.1 Å². The minimum atomic E-state index is -0.0480. The Labute approximate surface area is 164 Å². The molecule has 2 aliphatic rings. The lowest BCUT2D eigenvalue weighted by atomic mass is 10.0. The quantitative estimate of drug-likeness (QED) is 0.856. The van der Waals surface area contributed by atoms with Crippen LogP contribution in [-0.2, 0) is 22.6 Å². The van der Waals surface area contributed by atoms with Gasteiger partial charge in [0.1, 0.15) is 11.5 Å². The summed E-state index contributed by atoms with van der Waals surface area (Å²) in [6, 6.07) is 5.60. The summed E-state index contributed by atoms with van der Waals surface area (Å²) in [6.07, 6.45) is 4.02. The Kier molecular flexibility index (Phi) is 4.93. The largest absolute Gasteiger partial charge is 0.362 e. The summed E-state index contributed by atoms with van der Waals surface area (Å²) in [6.45, 7) is 1.09. The standard InChI is InChI=1S/C20H24N6O2/c1-25(2)20-14-8-10-26(18(28)11-13-6-7-17(27)22-13)12-16(14)23-19(24-20)15-5-3-4-9-21-15/h3-5,9,13H,6-8,10-12H2,1-2H3,(H,22,27). The Morgan fingerprint density at radius 3 is 2.82 bits per heavy atom. The second-order valence-corrected chi connectivity index (χ2v) is 7.48. The van der Waals surface area contributed by atoms with Crippen molar-refractivity contribution >= 4 is 17.6 Å². The van der Waals surface area contributed by atoms with Gasteiger partial charge in [0.15, 0.2) is 5.82 Å². The van der Waals surface area contributed by atoms with E-state index in [1.807, 2.05) is 42.1 Å². The molecule has 2 aliphatic heterocycles. The summed E-state index contributed by atoms with van der Waals surface area (Å²) >= 11 is 0. The molecule has 2 aromatic rings. The molecular formula is C20H24N6O2. The Balaban J connectivity index is 1.59. The number of hydrogen-bond donors (Lipinski definition) is 1. The van der Waals surface area contributed by atoms with Crippen LogP contribution in [0.2, 0.25) is 0 Å². The van der Waals surface area contributed by atoms with E-state index in [4.69, 9.17) is 9.97 Å². The second kappa shape index (κ2) is 7.53. The highest BCUT2D eigenvalue weighted by Gasteiger charge is 2.29. The number of carbonyl (C=O) groups is 2. The first-order valence-corrected chi connectivity index (χ1v) is 9.57. The van der Waals surface area contributed by atoms with Gasteiger partial charge in [-0.05, 0) is 25.0 Å². The van der Waals surface area contributed by atoms with E-state index in [1.165, 1.54) is 0 Å². The summed E-state index contributed by atoms with van der Waals surface area (Å²) in [5.41, 5.74) is 2.67. The molecule has 1 saturated heterocycles. The molecule has 0 spiro atoms. The number of carbonyl (C=O) groups excluding carboxylic acids is 2. The third-order valence-corrected chi connectivity index (χ3v) is 5.22. The molecule has 2 aromatic heterocycles. The van der Waals surface area contributed by atoms with Gasteiger partial charge in [-0.3, -0.25) is 14.6 Å². The van der Waals surface area contributed by atoms with Crippen LogP contribution < -0.4 is 10.2 Å². The smallest absolute Gasteiger partial charge is 0.224 e. The van der Waals surface area contributed by atoms with E-state index >= 15 is 0 Å². The average molecular weight is 380 g/mol. The second-order valence-electron chi connectivity index (χ2n) is 7.48. The Bertz CT molecular complexity index is 899. The van der Waals surface area contributed by atoms with Crippen molar-refractivity contribution in [2.75, 3.05) is 25.5 Å². The van der Waals surface area contributed by atoms with Crippen LogP contribution in [0.25, 0.3) is 11.5 Å². The number of fused-ring (bicyclic) bond motifs is 1. The van der Waals surface area contributed by atoms with Crippen LogP contribution in [0.15, 0.2) is 24.4 Å². The zero-order valence-corrected chi connectivity index (χ0v) is 16.2. The number of aromatic nitrogens is 3. The first-order chi connectivity index (χ1) is 13.5. The predicted octanol–water partition coefficient (Wildman–Crippen LogP) is 1.16. The van der Waals surface area contributed by atoms with Gasteiger partial charge in [0.05, 0.1) is 12.2 Å². The fourth-order valence-corrected chi connectivity index (χ4v) is 3.77. The SMILES string of the molecule is CN(C)c1nc(-c2ccccn2)nc2c1CCN(C(=O)CC1CCC(=O)N1)C2. The van der Waals surface area contributed by atoms with Crippen LogP contribution in [0, 0.1) is 0 Å². The molecule has 0 bridgehead atoms. The van der Waals surface area contributed by atoms with Crippen molar-refractivity contribution in [2.45, 2.75) is 38.3 Å². The van der Waals surface area contributed by atoms with E-state index < -0.39 is 0 Å². The molecule has 1 N–H and O–H groups in total. The maximum absolute atomic E-state index is 12.8. The number of rotatable bonds is 4. The van der Waals surface area contributed by atoms with Gasteiger partial charge in [-0.2, -0.15) is 0 Å². The van der Waals surface area contributed by atoms with Crippen molar-refractivity contribution in [1.29, 1.82) is 0 Å². The van der Waals surface area contributed by atoms with Gasteiger partial charge in [-0.15, -0.1) is 0 Å². The highest BCUT2D eigenvalue weighted by Crippen LogP contribution is 2.28. The van der Waals surface area contributed by atoms with Crippen molar-refractivity contribution < 1.29 is 9.59 Å². The Morgan fingerprint density at radius 1 is 1.29 bits per heavy atom. The molecule has 8 nitrogen and oxygen atoms in total. The molecule has 4 heterocycles. The van der Waals surface area contributed by atoms with E-state index in [-0.39, 0.29) is 17.9 Å². The Hall–Kier alpha value is -3.03. The fourth-order valence-electron chi connectivity index (χ4n) is 3.77. The van der Waals surface area contributed by atoms with Crippen LogP contribution in [0.4, 0.5) is 5.82 Å². The highest BCUT2D eigenvalue weighted by atomic mass is 16.2. The third kappa shape index (κ3) is 3.67. The molecule has 8 heteroatoms. The van der Waals surface area contributed by atoms with Gasteiger partial charge in [-0.1, -0.05) is 6.07 Å². The summed E-state index contributed by atoms with van der Waals surface area (Å²) in [4.78, 5) is 41.8. The molecule has 4 rings (SSSR count). The molecule has 0 aliphatic carbocycles. The van der Waals surface area contributed by atoms with E-state index in [2.05, 4.69) is 10.3 Å². The van der Waals surface area contributed by atoms with Crippen LogP contribution in [-0.4, -0.2) is 58.3 Å². The lowest BCUT2D eigenvalue weighted by Crippen LogP contribution is -2.40. The molecule has 0 aromatic carbocycles. The van der Waals surface area contributed by atoms with Crippen molar-refractivity contribution in [3.8, 4) is 11.5 Å². The first kappa shape index (κ1) is 18.3. The molecule has 28 heavy (non-hydrogen) atoms. The zero-order valence-electron chi connectivity index (χ0n) is 16.2. The van der Waals surface area contributed by atoms with Crippen LogP contribution in [0.3, 0.4) is 0 Å². The van der Waals surface area contributed by atoms with Crippen molar-refractivity contribution in [1.82, 2.24) is 25.2 Å². The van der Waals surface area contributed by atoms with Crippen LogP contribution in [0.1, 0.15) is 30.5 Å². The molecule has 1 atom stereocenters. The molecule has 1 unspecified atom stereocenters. The molecular weight excluding hydrogens is 356 g/mol. The lowest BCUT2D eigenvalue weighted by Gasteiger charge is -2.31. The highest BCUT2D eigenvalue weighted by molar-refractivity contribution is 5.82. The monoisotopic (exact) mass is 380 g/mol. The topological polar surface area (TPSA) is 91.3 Å². The number of hydrogen-bond acceptors (Lipinski definition) is 6. The third-order valence-electron chi connectivity index (χ3n) is 5.22. The van der Waals surface area contributed by atoms with E-state index in [0.29, 0.717) is 43.9 Å². The summed E-state index contributed by atoms with van der Waals surface area (Å²) in [5, 5.41) is 2.87. The number of amides is 2. The molecule has 1 fully saturated rings. The molecule has 146 valence electrons. The average Bonchev–Trinajstić information content (AvgIpc) is 3.11. The lowest BCUT2D eigenvalue weighted by molar-refractivity contribution is -0.132. The van der Waals surface area contributed by atoms with Crippen LogP contribution >= 0.6 is 0 Å². The minimum Gasteiger partial charge on any atom is -0.362 e. The van der Waals surface area contributed by atoms with Gasteiger partial charge in [-0.25, -0.2) is 9.97 Å². The maximum atomic E-state index is 12.8. The molecule has 0 saturated carbocycles. The molecule has 0 radical (unpaired) electrons. The summed E-state index contributed by atoms with van der Waals surface area (Å²) in [7, 11) is 3.93. The van der Waals surface area contributed by atoms with Crippen LogP contribution in [0.5, 0.6) is 0 Å². The minimum absolute atomic E-state index is 0.0326. The molecule has 2 amide bonds. The first-order valence-electron chi connectivity index (χ1n) is 9.57. The van der Waals surface area contributed by atoms with E-state index in [9.17, 15) is 9.59 Å². The predicted molar refractivity (Wildman–Crippen MR) is 104 cm³/mol. The normalized spacial score (nSPS) is 18.6. The fraction of sp³-hybridized carbons (Fsp3) is 0.450. The number of pyridine rings is 1. The number of anilines is 1. The van der Waals surface area contributed by atoms with E-state index in [1.54, 1.807) is 6.20 Å². The summed E-state index contributed by atoms with van der Waals surface area (Å²) in [5.74, 6) is 1.54. The van der Waals surface area contributed by atoms with Crippen molar-refractivity contribution in [3.63, 3.8) is 0 Å². The van der Waals surface area contributed by atoms with Gasteiger partial charge in [0.2, 0.25) is 11.8 Å². The van der Waals surface area contributed by atoms with Gasteiger partial charge >= 0.3 is 0 Å². The zero-order chi connectivity index (χ0) is 19.7. The Morgan fingerprint density at radius 2 is 2.14 bits per heavy atom. The number of nitrogens with zero attached hydrogens (tertiary/aromatic N) is 5. The van der Waals surface area contributed by atoms with E-state index in [0.717, 1.165) is 23.5 Å². The van der Waals surface area contributed by atoms with Crippen molar-refractivity contribution in [2.24, 2.45) is 0 Å². The van der Waals surface area contributed by atoms with Crippen molar-refractivity contribution in [3.05, 3.63) is 35.7 Å². The van der Waals surface area contributed by atoms with Gasteiger partial charge in [0.25, 0.3) is 0 Å². The maximum Gasteiger partial charge on any atom is 0.224 e. The number of nitrogens with one attached hydrogen (secondary N) is 1. The summed E-state index contributed by atoms with van der Waals surface area (Å²) < 4.78 is 0.